The quantitative estimate of drug-likeness (QED) is 0.844. The van der Waals surface area contributed by atoms with E-state index in [4.69, 9.17) is 9.47 Å². The topological polar surface area (TPSA) is 59.6 Å². The second-order valence-corrected chi connectivity index (χ2v) is 7.64. The van der Waals surface area contributed by atoms with Crippen molar-refractivity contribution < 1.29 is 23.0 Å². The fourth-order valence-corrected chi connectivity index (χ4v) is 3.83. The average Bonchev–Trinajstić information content (AvgIpc) is 2.93. The van der Waals surface area contributed by atoms with Crippen molar-refractivity contribution in [2.45, 2.75) is 25.7 Å². The molecule has 1 saturated carbocycles. The number of carbonyl (C=O) groups excluding carboxylic acids is 1. The maximum Gasteiger partial charge on any atom is 0.319 e. The van der Waals surface area contributed by atoms with Gasteiger partial charge in [-0.2, -0.15) is 0 Å². The van der Waals surface area contributed by atoms with Gasteiger partial charge in [0.05, 0.1) is 0 Å². The van der Waals surface area contributed by atoms with Crippen molar-refractivity contribution >= 4 is 11.7 Å². The third kappa shape index (κ3) is 3.07. The summed E-state index contributed by atoms with van der Waals surface area (Å²) in [7, 11) is 0. The lowest BCUT2D eigenvalue weighted by Crippen LogP contribution is -2.37. The Bertz CT molecular complexity index is 916. The number of amides is 2. The minimum atomic E-state index is -0.613. The minimum Gasteiger partial charge on any atom is -0.454 e. The van der Waals surface area contributed by atoms with Gasteiger partial charge in [-0.05, 0) is 35.6 Å². The van der Waals surface area contributed by atoms with E-state index >= 15 is 0 Å². The van der Waals surface area contributed by atoms with Crippen LogP contribution >= 0.6 is 0 Å². The first-order valence-corrected chi connectivity index (χ1v) is 8.71. The van der Waals surface area contributed by atoms with Crippen molar-refractivity contribution in [1.82, 2.24) is 5.32 Å². The van der Waals surface area contributed by atoms with Crippen LogP contribution in [0.1, 0.15) is 25.8 Å². The standard InChI is InChI=1S/C20H20F2N2O3/c1-19(2)9-20(19,14-5-3-12(21)7-15(14)22)10-23-18(25)24-13-4-6-16-17(8-13)27-11-26-16/h3-8H,9-11H2,1-2H3,(H2,23,24,25). The molecule has 0 saturated heterocycles. The van der Waals surface area contributed by atoms with E-state index in [1.165, 1.54) is 12.1 Å². The maximum atomic E-state index is 14.3. The van der Waals surface area contributed by atoms with Crippen LogP contribution in [0.15, 0.2) is 36.4 Å². The summed E-state index contributed by atoms with van der Waals surface area (Å²) < 4.78 is 38.1. The number of hydrogen-bond acceptors (Lipinski definition) is 3. The molecule has 1 atom stereocenters. The number of ether oxygens (including phenoxy) is 2. The van der Waals surface area contributed by atoms with Gasteiger partial charge in [-0.3, -0.25) is 0 Å². The molecule has 2 aromatic carbocycles. The lowest BCUT2D eigenvalue weighted by atomic mass is 9.87. The van der Waals surface area contributed by atoms with Gasteiger partial charge in [0.25, 0.3) is 0 Å². The van der Waals surface area contributed by atoms with Gasteiger partial charge in [0, 0.05) is 29.8 Å². The molecule has 1 aliphatic heterocycles. The number of hydrogen-bond donors (Lipinski definition) is 2. The van der Waals surface area contributed by atoms with Crippen LogP contribution in [0.25, 0.3) is 0 Å². The highest BCUT2D eigenvalue weighted by molar-refractivity contribution is 5.89. The van der Waals surface area contributed by atoms with Crippen molar-refractivity contribution in [2.75, 3.05) is 18.7 Å². The molecule has 4 rings (SSSR count). The molecule has 27 heavy (non-hydrogen) atoms. The molecule has 5 nitrogen and oxygen atoms in total. The van der Waals surface area contributed by atoms with E-state index in [2.05, 4.69) is 10.6 Å². The lowest BCUT2D eigenvalue weighted by molar-refractivity contribution is 0.174. The Kier molecular flexibility index (Phi) is 3.98. The lowest BCUT2D eigenvalue weighted by Gasteiger charge is -2.22. The van der Waals surface area contributed by atoms with Gasteiger partial charge in [0.15, 0.2) is 11.5 Å². The van der Waals surface area contributed by atoms with Gasteiger partial charge in [-0.15, -0.1) is 0 Å². The summed E-state index contributed by atoms with van der Waals surface area (Å²) in [4.78, 5) is 12.3. The largest absolute Gasteiger partial charge is 0.454 e. The predicted octanol–water partition coefficient (Wildman–Crippen LogP) is 4.18. The van der Waals surface area contributed by atoms with Crippen molar-refractivity contribution in [3.63, 3.8) is 0 Å². The molecule has 1 aliphatic carbocycles. The number of nitrogens with one attached hydrogen (secondary N) is 2. The number of benzene rings is 2. The fourth-order valence-electron chi connectivity index (χ4n) is 3.83. The van der Waals surface area contributed by atoms with Crippen molar-refractivity contribution in [1.29, 1.82) is 0 Å². The molecule has 0 spiro atoms. The highest BCUT2D eigenvalue weighted by Crippen LogP contribution is 2.64. The molecule has 1 heterocycles. The molecule has 0 bridgehead atoms. The van der Waals surface area contributed by atoms with Gasteiger partial charge in [0.1, 0.15) is 11.6 Å². The highest BCUT2D eigenvalue weighted by Gasteiger charge is 2.62. The van der Waals surface area contributed by atoms with Crippen molar-refractivity contribution in [2.24, 2.45) is 5.41 Å². The molecule has 1 unspecified atom stereocenters. The molecule has 2 N–H and O–H groups in total. The van der Waals surface area contributed by atoms with Crippen LogP contribution in [0.3, 0.4) is 0 Å². The second-order valence-electron chi connectivity index (χ2n) is 7.64. The highest BCUT2D eigenvalue weighted by atomic mass is 19.1. The first-order chi connectivity index (χ1) is 12.8. The monoisotopic (exact) mass is 374 g/mol. The Labute approximate surface area is 155 Å². The average molecular weight is 374 g/mol. The summed E-state index contributed by atoms with van der Waals surface area (Å²) >= 11 is 0. The van der Waals surface area contributed by atoms with E-state index < -0.39 is 23.1 Å². The summed E-state index contributed by atoms with van der Waals surface area (Å²) in [5, 5.41) is 5.55. The van der Waals surface area contributed by atoms with Gasteiger partial charge < -0.3 is 20.1 Å². The molecule has 2 aliphatic rings. The SMILES string of the molecule is CC1(C)CC1(CNC(=O)Nc1ccc2c(c1)OCO2)c1ccc(F)cc1F. The van der Waals surface area contributed by atoms with E-state index in [0.717, 1.165) is 6.07 Å². The minimum absolute atomic E-state index is 0.159. The van der Waals surface area contributed by atoms with E-state index in [9.17, 15) is 13.6 Å². The van der Waals surface area contributed by atoms with Gasteiger partial charge in [-0.1, -0.05) is 19.9 Å². The Morgan fingerprint density at radius 2 is 1.85 bits per heavy atom. The molecule has 1 fully saturated rings. The molecule has 7 heteroatoms. The molecule has 0 aromatic heterocycles. The number of fused-ring (bicyclic) bond motifs is 1. The number of rotatable bonds is 4. The maximum absolute atomic E-state index is 14.3. The van der Waals surface area contributed by atoms with Gasteiger partial charge in [-0.25, -0.2) is 13.6 Å². The van der Waals surface area contributed by atoms with E-state index in [-0.39, 0.29) is 18.8 Å². The summed E-state index contributed by atoms with van der Waals surface area (Å²) in [6.07, 6.45) is 0.701. The third-order valence-electron chi connectivity index (χ3n) is 5.54. The zero-order chi connectivity index (χ0) is 19.2. The van der Waals surface area contributed by atoms with Crippen LogP contribution in [0.2, 0.25) is 0 Å². The zero-order valence-corrected chi connectivity index (χ0v) is 15.1. The second kappa shape index (κ2) is 6.11. The number of urea groups is 1. The van der Waals surface area contributed by atoms with Crippen molar-refractivity contribution in [3.8, 4) is 11.5 Å². The summed E-state index contributed by atoms with van der Waals surface area (Å²) in [5.74, 6) is 0.00401. The first-order valence-electron chi connectivity index (χ1n) is 8.71. The summed E-state index contributed by atoms with van der Waals surface area (Å²) in [6, 6.07) is 8.31. The number of anilines is 1. The summed E-state index contributed by atoms with van der Waals surface area (Å²) in [6.45, 7) is 4.42. The molecule has 142 valence electrons. The van der Waals surface area contributed by atoms with E-state index in [1.807, 2.05) is 13.8 Å². The third-order valence-corrected chi connectivity index (χ3v) is 5.54. The van der Waals surface area contributed by atoms with Gasteiger partial charge in [0.2, 0.25) is 6.79 Å². The Morgan fingerprint density at radius 3 is 2.56 bits per heavy atom. The molecule has 2 amide bonds. The number of halogens is 2. The van der Waals surface area contributed by atoms with Crippen LogP contribution in [-0.2, 0) is 5.41 Å². The van der Waals surface area contributed by atoms with Crippen LogP contribution < -0.4 is 20.1 Å². The number of carbonyl (C=O) groups is 1. The molecule has 0 radical (unpaired) electrons. The molecular weight excluding hydrogens is 354 g/mol. The van der Waals surface area contributed by atoms with Crippen LogP contribution in [-0.4, -0.2) is 19.4 Å². The van der Waals surface area contributed by atoms with Crippen LogP contribution in [0.5, 0.6) is 11.5 Å². The Balaban J connectivity index is 1.45. The van der Waals surface area contributed by atoms with E-state index in [1.54, 1.807) is 18.2 Å². The Hall–Kier alpha value is -2.83. The molecule has 2 aromatic rings. The summed E-state index contributed by atoms with van der Waals surface area (Å²) in [5.41, 5.74) is 0.237. The predicted molar refractivity (Wildman–Crippen MR) is 96.0 cm³/mol. The first kappa shape index (κ1) is 17.6. The van der Waals surface area contributed by atoms with E-state index in [0.29, 0.717) is 29.2 Å². The Morgan fingerprint density at radius 1 is 1.11 bits per heavy atom. The van der Waals surface area contributed by atoms with Gasteiger partial charge >= 0.3 is 6.03 Å². The normalized spacial score (nSPS) is 21.6. The van der Waals surface area contributed by atoms with Crippen LogP contribution in [0, 0.1) is 17.0 Å². The fraction of sp³-hybridized carbons (Fsp3) is 0.350. The molecular formula is C20H20F2N2O3. The zero-order valence-electron chi connectivity index (χ0n) is 15.1. The van der Waals surface area contributed by atoms with Crippen LogP contribution in [0.4, 0.5) is 19.3 Å². The smallest absolute Gasteiger partial charge is 0.319 e. The van der Waals surface area contributed by atoms with Crippen molar-refractivity contribution in [3.05, 3.63) is 53.6 Å².